The fourth-order valence-corrected chi connectivity index (χ4v) is 4.51. The van der Waals surface area contributed by atoms with Crippen molar-refractivity contribution in [1.82, 2.24) is 9.62 Å². The Labute approximate surface area is 160 Å². The Morgan fingerprint density at radius 1 is 1.22 bits per heavy atom. The van der Waals surface area contributed by atoms with Gasteiger partial charge in [-0.2, -0.15) is 4.31 Å². The summed E-state index contributed by atoms with van der Waals surface area (Å²) >= 11 is 0. The van der Waals surface area contributed by atoms with E-state index in [0.717, 1.165) is 25.7 Å². The monoisotopic (exact) mass is 397 g/mol. The Bertz CT molecular complexity index is 784. The van der Waals surface area contributed by atoms with E-state index < -0.39 is 15.9 Å². The van der Waals surface area contributed by atoms with Gasteiger partial charge in [0.05, 0.1) is 10.5 Å². The van der Waals surface area contributed by atoms with E-state index in [1.807, 2.05) is 13.8 Å². The average molecular weight is 397 g/mol. The van der Waals surface area contributed by atoms with Crippen molar-refractivity contribution in [3.8, 4) is 5.75 Å². The lowest BCUT2D eigenvalue weighted by Crippen LogP contribution is -2.37. The summed E-state index contributed by atoms with van der Waals surface area (Å²) < 4.78 is 32.1. The fourth-order valence-electron chi connectivity index (χ4n) is 2.97. The van der Waals surface area contributed by atoms with Crippen LogP contribution in [0.1, 0.15) is 49.9 Å². The molecule has 1 heterocycles. The van der Waals surface area contributed by atoms with Crippen LogP contribution in [0.4, 0.5) is 0 Å². The van der Waals surface area contributed by atoms with E-state index in [9.17, 15) is 18.0 Å². The third-order valence-corrected chi connectivity index (χ3v) is 6.52. The van der Waals surface area contributed by atoms with E-state index in [-0.39, 0.29) is 34.8 Å². The quantitative estimate of drug-likeness (QED) is 0.650. The molecule has 0 saturated carbocycles. The highest BCUT2D eigenvalue weighted by atomic mass is 32.2. The van der Waals surface area contributed by atoms with Crippen LogP contribution in [-0.2, 0) is 14.8 Å². The molecule has 0 spiro atoms. The molecule has 2 amide bonds. The van der Waals surface area contributed by atoms with Crippen molar-refractivity contribution < 1.29 is 22.7 Å². The Balaban J connectivity index is 2.16. The van der Waals surface area contributed by atoms with Gasteiger partial charge in [0.15, 0.2) is 6.61 Å². The smallest absolute Gasteiger partial charge is 0.258 e. The lowest BCUT2D eigenvalue weighted by atomic mass is 10.2. The Morgan fingerprint density at radius 3 is 2.41 bits per heavy atom. The van der Waals surface area contributed by atoms with Crippen molar-refractivity contribution in [2.75, 3.05) is 19.7 Å². The molecule has 1 aliphatic rings. The summed E-state index contributed by atoms with van der Waals surface area (Å²) in [5, 5.41) is 2.83. The first kappa shape index (κ1) is 21.2. The molecular formula is C18H27N3O5S. The molecule has 9 heteroatoms. The summed E-state index contributed by atoms with van der Waals surface area (Å²) in [6.07, 6.45) is 3.24. The highest BCUT2D eigenvalue weighted by Gasteiger charge is 2.28. The second-order valence-electron chi connectivity index (χ2n) is 6.50. The van der Waals surface area contributed by atoms with E-state index in [2.05, 4.69) is 5.32 Å². The zero-order valence-electron chi connectivity index (χ0n) is 15.7. The molecule has 1 aromatic carbocycles. The molecule has 1 fully saturated rings. The molecule has 1 aliphatic heterocycles. The number of hydrogen-bond acceptors (Lipinski definition) is 5. The molecule has 1 aromatic rings. The lowest BCUT2D eigenvalue weighted by Gasteiger charge is -2.18. The second kappa shape index (κ2) is 9.18. The summed E-state index contributed by atoms with van der Waals surface area (Å²) in [6.45, 7) is 4.58. The first-order valence-electron chi connectivity index (χ1n) is 9.15. The summed E-state index contributed by atoms with van der Waals surface area (Å²) in [5.74, 6) is -1.04. The topological polar surface area (TPSA) is 119 Å². The first-order chi connectivity index (χ1) is 12.8. The predicted octanol–water partition coefficient (Wildman–Crippen LogP) is 1.25. The molecule has 8 nitrogen and oxygen atoms in total. The summed E-state index contributed by atoms with van der Waals surface area (Å²) in [6, 6.07) is 4.01. The second-order valence-corrected chi connectivity index (χ2v) is 8.44. The molecule has 150 valence electrons. The van der Waals surface area contributed by atoms with Gasteiger partial charge in [0, 0.05) is 19.1 Å². The van der Waals surface area contributed by atoms with Crippen LogP contribution in [0, 0.1) is 0 Å². The molecule has 0 aromatic heterocycles. The summed E-state index contributed by atoms with van der Waals surface area (Å²) in [7, 11) is -3.67. The van der Waals surface area contributed by atoms with Gasteiger partial charge in [-0.3, -0.25) is 9.59 Å². The lowest BCUT2D eigenvalue weighted by molar-refractivity contribution is -0.123. The summed E-state index contributed by atoms with van der Waals surface area (Å²) in [5.41, 5.74) is 5.32. The van der Waals surface area contributed by atoms with Crippen LogP contribution in [0.3, 0.4) is 0 Å². The number of benzene rings is 1. The average Bonchev–Trinajstić information content (AvgIpc) is 3.19. The van der Waals surface area contributed by atoms with Gasteiger partial charge in [-0.1, -0.05) is 13.8 Å². The van der Waals surface area contributed by atoms with Crippen molar-refractivity contribution in [1.29, 1.82) is 0 Å². The van der Waals surface area contributed by atoms with Gasteiger partial charge in [0.25, 0.3) is 11.8 Å². The van der Waals surface area contributed by atoms with E-state index in [4.69, 9.17) is 10.5 Å². The highest BCUT2D eigenvalue weighted by molar-refractivity contribution is 7.89. The minimum absolute atomic E-state index is 0.00738. The van der Waals surface area contributed by atoms with Crippen LogP contribution in [0.5, 0.6) is 5.75 Å². The minimum atomic E-state index is -3.67. The van der Waals surface area contributed by atoms with Crippen LogP contribution in [0.2, 0.25) is 0 Å². The van der Waals surface area contributed by atoms with E-state index >= 15 is 0 Å². The maximum atomic E-state index is 12.6. The molecule has 3 N–H and O–H groups in total. The SMILES string of the molecule is CCC(CC)NC(=O)COc1ccc(S(=O)(=O)N2CCCC2)cc1C(N)=O. The molecule has 0 aliphatic carbocycles. The van der Waals surface area contributed by atoms with Crippen molar-refractivity contribution in [2.45, 2.75) is 50.5 Å². The number of primary amides is 1. The molecule has 0 atom stereocenters. The van der Waals surface area contributed by atoms with Crippen molar-refractivity contribution in [3.63, 3.8) is 0 Å². The third kappa shape index (κ3) is 5.20. The number of nitrogens with one attached hydrogen (secondary N) is 1. The number of amides is 2. The molecule has 2 rings (SSSR count). The maximum absolute atomic E-state index is 12.6. The normalized spacial score (nSPS) is 15.1. The van der Waals surface area contributed by atoms with Gasteiger partial charge in [-0.15, -0.1) is 0 Å². The van der Waals surface area contributed by atoms with Crippen LogP contribution in [0.25, 0.3) is 0 Å². The number of sulfonamides is 1. The molecule has 0 unspecified atom stereocenters. The number of nitrogens with zero attached hydrogens (tertiary/aromatic N) is 1. The van der Waals surface area contributed by atoms with E-state index in [1.165, 1.54) is 22.5 Å². The van der Waals surface area contributed by atoms with Crippen molar-refractivity contribution in [3.05, 3.63) is 23.8 Å². The van der Waals surface area contributed by atoms with Gasteiger partial charge >= 0.3 is 0 Å². The van der Waals surface area contributed by atoms with Crippen LogP contribution < -0.4 is 15.8 Å². The van der Waals surface area contributed by atoms with Crippen molar-refractivity contribution >= 4 is 21.8 Å². The molecule has 0 radical (unpaired) electrons. The van der Waals surface area contributed by atoms with Crippen LogP contribution in [-0.4, -0.2) is 50.3 Å². The van der Waals surface area contributed by atoms with Gasteiger partial charge in [-0.25, -0.2) is 8.42 Å². The third-order valence-electron chi connectivity index (χ3n) is 4.63. The van der Waals surface area contributed by atoms with Crippen LogP contribution >= 0.6 is 0 Å². The number of rotatable bonds is 9. The molecule has 1 saturated heterocycles. The number of carbonyl (C=O) groups is 2. The Morgan fingerprint density at radius 2 is 1.85 bits per heavy atom. The highest BCUT2D eigenvalue weighted by Crippen LogP contribution is 2.26. The van der Waals surface area contributed by atoms with Crippen molar-refractivity contribution in [2.24, 2.45) is 5.73 Å². The summed E-state index contributed by atoms with van der Waals surface area (Å²) in [4.78, 5) is 23.7. The maximum Gasteiger partial charge on any atom is 0.258 e. The largest absolute Gasteiger partial charge is 0.483 e. The number of carbonyl (C=O) groups excluding carboxylic acids is 2. The number of ether oxygens (including phenoxy) is 1. The molecular weight excluding hydrogens is 370 g/mol. The van der Waals surface area contributed by atoms with Gasteiger partial charge in [0.1, 0.15) is 5.75 Å². The van der Waals surface area contributed by atoms with E-state index in [1.54, 1.807) is 0 Å². The predicted molar refractivity (Wildman–Crippen MR) is 101 cm³/mol. The molecule has 0 bridgehead atoms. The minimum Gasteiger partial charge on any atom is -0.483 e. The van der Waals surface area contributed by atoms with Gasteiger partial charge in [-0.05, 0) is 43.9 Å². The fraction of sp³-hybridized carbons (Fsp3) is 0.556. The van der Waals surface area contributed by atoms with E-state index in [0.29, 0.717) is 13.1 Å². The zero-order valence-corrected chi connectivity index (χ0v) is 16.5. The number of nitrogens with two attached hydrogens (primary N) is 1. The standard InChI is InChI=1S/C18H27N3O5S/c1-3-13(4-2)20-17(22)12-26-16-8-7-14(11-15(16)18(19)23)27(24,25)21-9-5-6-10-21/h7-8,11,13H,3-6,9-10,12H2,1-2H3,(H2,19,23)(H,20,22). The Hall–Kier alpha value is -2.13. The Kier molecular flexibility index (Phi) is 7.20. The zero-order chi connectivity index (χ0) is 20.0. The number of hydrogen-bond donors (Lipinski definition) is 2. The van der Waals surface area contributed by atoms with Gasteiger partial charge < -0.3 is 15.8 Å². The first-order valence-corrected chi connectivity index (χ1v) is 10.6. The van der Waals surface area contributed by atoms with Gasteiger partial charge in [0.2, 0.25) is 10.0 Å². The van der Waals surface area contributed by atoms with Crippen LogP contribution in [0.15, 0.2) is 23.1 Å². The molecule has 27 heavy (non-hydrogen) atoms.